The van der Waals surface area contributed by atoms with Crippen LogP contribution in [-0.4, -0.2) is 16.2 Å². The topological polar surface area (TPSA) is 50.8 Å². The number of nitrogens with zero attached hydrogens (tertiary/aromatic N) is 3. The lowest BCUT2D eigenvalue weighted by atomic mass is 10.2. The molecular formula is C12H12ClN3O. The Balaban J connectivity index is 0.00000144. The zero-order valence-electron chi connectivity index (χ0n) is 9.11. The van der Waals surface area contributed by atoms with Crippen molar-refractivity contribution < 1.29 is 4.74 Å². The van der Waals surface area contributed by atoms with Gasteiger partial charge in [0.25, 0.3) is 0 Å². The Hall–Kier alpha value is -1.99. The van der Waals surface area contributed by atoms with Crippen molar-refractivity contribution in [3.05, 3.63) is 48.5 Å². The van der Waals surface area contributed by atoms with Crippen LogP contribution in [0.3, 0.4) is 0 Å². The minimum atomic E-state index is 0. The van der Waals surface area contributed by atoms with E-state index in [9.17, 15) is 0 Å². The average Bonchev–Trinajstić information content (AvgIpc) is 2.82. The van der Waals surface area contributed by atoms with Crippen LogP contribution in [0.5, 0.6) is 5.75 Å². The van der Waals surface area contributed by atoms with Crippen molar-refractivity contribution in [3.8, 4) is 11.8 Å². The molecule has 0 saturated carbocycles. The fourth-order valence-corrected chi connectivity index (χ4v) is 1.34. The van der Waals surface area contributed by atoms with E-state index in [2.05, 4.69) is 11.1 Å². The molecule has 0 spiro atoms. The van der Waals surface area contributed by atoms with Crippen molar-refractivity contribution in [1.82, 2.24) is 9.55 Å². The maximum Gasteiger partial charge on any atom is 0.120 e. The lowest BCUT2D eigenvalue weighted by molar-refractivity contribution is 0.298. The Morgan fingerprint density at radius 2 is 2.29 bits per heavy atom. The highest BCUT2D eigenvalue weighted by atomic mass is 35.5. The van der Waals surface area contributed by atoms with Crippen molar-refractivity contribution in [2.75, 3.05) is 6.61 Å². The highest BCUT2D eigenvalue weighted by Crippen LogP contribution is 2.12. The van der Waals surface area contributed by atoms with Crippen molar-refractivity contribution in [3.63, 3.8) is 0 Å². The average molecular weight is 250 g/mol. The Morgan fingerprint density at radius 1 is 1.41 bits per heavy atom. The summed E-state index contributed by atoms with van der Waals surface area (Å²) in [6, 6.07) is 9.21. The Morgan fingerprint density at radius 3 is 3.00 bits per heavy atom. The van der Waals surface area contributed by atoms with E-state index < -0.39 is 0 Å². The second-order valence-electron chi connectivity index (χ2n) is 3.29. The van der Waals surface area contributed by atoms with Gasteiger partial charge in [0.2, 0.25) is 0 Å². The number of imidazole rings is 1. The van der Waals surface area contributed by atoms with Crippen LogP contribution in [0.2, 0.25) is 0 Å². The van der Waals surface area contributed by atoms with E-state index in [1.807, 2.05) is 22.9 Å². The summed E-state index contributed by atoms with van der Waals surface area (Å²) in [6.45, 7) is 1.31. The summed E-state index contributed by atoms with van der Waals surface area (Å²) < 4.78 is 7.46. The monoisotopic (exact) mass is 249 g/mol. The maximum absolute atomic E-state index is 8.72. The Kier molecular flexibility index (Phi) is 5.05. The van der Waals surface area contributed by atoms with Crippen LogP contribution in [-0.2, 0) is 6.54 Å². The van der Waals surface area contributed by atoms with Crippen molar-refractivity contribution in [2.45, 2.75) is 6.54 Å². The fraction of sp³-hybridized carbons (Fsp3) is 0.167. The first-order chi connectivity index (χ1) is 7.88. The second kappa shape index (κ2) is 6.56. The van der Waals surface area contributed by atoms with Gasteiger partial charge in [0, 0.05) is 12.4 Å². The smallest absolute Gasteiger partial charge is 0.120 e. The van der Waals surface area contributed by atoms with Crippen LogP contribution in [0, 0.1) is 11.3 Å². The van der Waals surface area contributed by atoms with Crippen LogP contribution in [0.15, 0.2) is 43.0 Å². The summed E-state index contributed by atoms with van der Waals surface area (Å²) in [7, 11) is 0. The van der Waals surface area contributed by atoms with Gasteiger partial charge in [-0.15, -0.1) is 12.4 Å². The first-order valence-corrected chi connectivity index (χ1v) is 4.97. The molecule has 17 heavy (non-hydrogen) atoms. The quantitative estimate of drug-likeness (QED) is 0.835. The number of hydrogen-bond donors (Lipinski definition) is 0. The van der Waals surface area contributed by atoms with Gasteiger partial charge in [0.15, 0.2) is 0 Å². The largest absolute Gasteiger partial charge is 0.492 e. The van der Waals surface area contributed by atoms with Gasteiger partial charge in [-0.1, -0.05) is 6.07 Å². The van der Waals surface area contributed by atoms with Gasteiger partial charge >= 0.3 is 0 Å². The third-order valence-electron chi connectivity index (χ3n) is 2.14. The molecule has 0 saturated heterocycles. The highest BCUT2D eigenvalue weighted by molar-refractivity contribution is 5.85. The molecule has 0 unspecified atom stereocenters. The number of halogens is 1. The van der Waals surface area contributed by atoms with Gasteiger partial charge in [-0.05, 0) is 18.2 Å². The second-order valence-corrected chi connectivity index (χ2v) is 3.29. The standard InChI is InChI=1S/C12H11N3O.ClH/c13-9-11-2-1-3-12(8-11)16-7-6-15-5-4-14-10-15;/h1-5,8,10H,6-7H2;1H. The molecule has 4 nitrogen and oxygen atoms in total. The van der Waals surface area contributed by atoms with Crippen molar-refractivity contribution in [2.24, 2.45) is 0 Å². The van der Waals surface area contributed by atoms with E-state index in [1.54, 1.807) is 24.7 Å². The molecule has 0 N–H and O–H groups in total. The summed E-state index contributed by atoms with van der Waals surface area (Å²) in [6.07, 6.45) is 5.36. The first kappa shape index (κ1) is 13.1. The van der Waals surface area contributed by atoms with Crippen LogP contribution in [0.1, 0.15) is 5.56 Å². The lowest BCUT2D eigenvalue weighted by Crippen LogP contribution is -2.06. The molecular weight excluding hydrogens is 238 g/mol. The molecule has 0 radical (unpaired) electrons. The maximum atomic E-state index is 8.72. The molecule has 88 valence electrons. The predicted octanol–water partition coefficient (Wildman–Crippen LogP) is 2.26. The molecule has 1 heterocycles. The van der Waals surface area contributed by atoms with Crippen molar-refractivity contribution >= 4 is 12.4 Å². The minimum Gasteiger partial charge on any atom is -0.492 e. The summed E-state index contributed by atoms with van der Waals surface area (Å²) in [5.41, 5.74) is 0.611. The van der Waals surface area contributed by atoms with E-state index >= 15 is 0 Å². The number of ether oxygens (including phenoxy) is 1. The molecule has 0 aliphatic rings. The van der Waals surface area contributed by atoms with Crippen LogP contribution in [0.4, 0.5) is 0 Å². The van der Waals surface area contributed by atoms with Gasteiger partial charge in [0.1, 0.15) is 12.4 Å². The van der Waals surface area contributed by atoms with Crippen LogP contribution in [0.25, 0.3) is 0 Å². The molecule has 0 aliphatic heterocycles. The number of benzene rings is 1. The Bertz CT molecular complexity index is 491. The molecule has 0 fully saturated rings. The third kappa shape index (κ3) is 3.82. The summed E-state index contributed by atoms with van der Waals surface area (Å²) in [5.74, 6) is 0.721. The molecule has 0 bridgehead atoms. The summed E-state index contributed by atoms with van der Waals surface area (Å²) in [4.78, 5) is 3.94. The molecule has 0 atom stereocenters. The molecule has 0 amide bonds. The molecule has 1 aromatic carbocycles. The van der Waals surface area contributed by atoms with Crippen LogP contribution < -0.4 is 4.74 Å². The number of hydrogen-bond acceptors (Lipinski definition) is 3. The first-order valence-electron chi connectivity index (χ1n) is 4.97. The summed E-state index contributed by atoms with van der Waals surface area (Å²) in [5, 5.41) is 8.72. The normalized spacial score (nSPS) is 9.12. The molecule has 5 heteroatoms. The van der Waals surface area contributed by atoms with Gasteiger partial charge < -0.3 is 9.30 Å². The van der Waals surface area contributed by atoms with Gasteiger partial charge in [-0.2, -0.15) is 5.26 Å². The number of nitriles is 1. The molecule has 2 rings (SSSR count). The molecule has 0 aliphatic carbocycles. The fourth-order valence-electron chi connectivity index (χ4n) is 1.34. The predicted molar refractivity (Wildman–Crippen MR) is 66.1 cm³/mol. The molecule has 2 aromatic rings. The highest BCUT2D eigenvalue weighted by Gasteiger charge is 1.96. The van der Waals surface area contributed by atoms with E-state index in [4.69, 9.17) is 10.00 Å². The summed E-state index contributed by atoms with van der Waals surface area (Å²) >= 11 is 0. The van der Waals surface area contributed by atoms with E-state index in [0.29, 0.717) is 12.2 Å². The van der Waals surface area contributed by atoms with Crippen molar-refractivity contribution in [1.29, 1.82) is 5.26 Å². The zero-order valence-corrected chi connectivity index (χ0v) is 9.93. The zero-order chi connectivity index (χ0) is 11.2. The van der Waals surface area contributed by atoms with Crippen LogP contribution >= 0.6 is 12.4 Å². The van der Waals surface area contributed by atoms with E-state index in [0.717, 1.165) is 12.3 Å². The number of aromatic nitrogens is 2. The lowest BCUT2D eigenvalue weighted by Gasteiger charge is -2.06. The SMILES string of the molecule is Cl.N#Cc1cccc(OCCn2ccnc2)c1. The number of rotatable bonds is 4. The van der Waals surface area contributed by atoms with E-state index in [1.165, 1.54) is 0 Å². The van der Waals surface area contributed by atoms with E-state index in [-0.39, 0.29) is 12.4 Å². The van der Waals surface area contributed by atoms with Gasteiger partial charge in [-0.25, -0.2) is 4.98 Å². The van der Waals surface area contributed by atoms with Gasteiger partial charge in [-0.3, -0.25) is 0 Å². The molecule has 1 aromatic heterocycles. The Labute approximate surface area is 106 Å². The third-order valence-corrected chi connectivity index (χ3v) is 2.14. The van der Waals surface area contributed by atoms with Gasteiger partial charge in [0.05, 0.1) is 24.5 Å². The minimum absolute atomic E-state index is 0.